The van der Waals surface area contributed by atoms with E-state index in [2.05, 4.69) is 15.9 Å². The first-order valence-corrected chi connectivity index (χ1v) is 11.3. The van der Waals surface area contributed by atoms with Crippen molar-refractivity contribution in [3.63, 3.8) is 0 Å². The van der Waals surface area contributed by atoms with Gasteiger partial charge >= 0.3 is 5.97 Å². The lowest BCUT2D eigenvalue weighted by Crippen LogP contribution is -2.40. The van der Waals surface area contributed by atoms with Gasteiger partial charge in [0, 0.05) is 27.9 Å². The van der Waals surface area contributed by atoms with Gasteiger partial charge < -0.3 is 19.9 Å². The Morgan fingerprint density at radius 1 is 1.03 bits per heavy atom. The molecule has 1 heterocycles. The number of hydrogen-bond donors (Lipinski definition) is 1. The highest BCUT2D eigenvalue weighted by Gasteiger charge is 2.43. The first kappa shape index (κ1) is 22.9. The number of anilines is 1. The van der Waals surface area contributed by atoms with Crippen LogP contribution in [-0.2, 0) is 14.3 Å². The lowest BCUT2D eigenvalue weighted by Gasteiger charge is -2.40. The first-order valence-electron chi connectivity index (χ1n) is 10.5. The molecule has 0 fully saturated rings. The summed E-state index contributed by atoms with van der Waals surface area (Å²) in [6, 6.07) is 12.9. The Bertz CT molecular complexity index is 1170. The fourth-order valence-corrected chi connectivity index (χ4v) is 4.81. The molecule has 0 unspecified atom stereocenters. The SMILES string of the molecule is COC(=O)C1=C(N)N(c2ccc(Br)cc2)C2=C(C(=O)CCC2)[C@H]1c1ccc(OC)c(OC)c1. The number of halogens is 1. The van der Waals surface area contributed by atoms with Crippen molar-refractivity contribution in [1.29, 1.82) is 0 Å². The third kappa shape index (κ3) is 3.99. The molecule has 0 radical (unpaired) electrons. The molecule has 7 nitrogen and oxygen atoms in total. The van der Waals surface area contributed by atoms with E-state index in [1.54, 1.807) is 26.4 Å². The second-order valence-electron chi connectivity index (χ2n) is 7.79. The Balaban J connectivity index is 1.99. The van der Waals surface area contributed by atoms with Gasteiger partial charge in [0.15, 0.2) is 17.3 Å². The van der Waals surface area contributed by atoms with Crippen LogP contribution in [0.2, 0.25) is 0 Å². The highest BCUT2D eigenvalue weighted by Crippen LogP contribution is 2.48. The molecule has 172 valence electrons. The number of esters is 1. The Morgan fingerprint density at radius 2 is 1.73 bits per heavy atom. The van der Waals surface area contributed by atoms with Crippen LogP contribution in [0.1, 0.15) is 30.7 Å². The molecule has 0 saturated carbocycles. The van der Waals surface area contributed by atoms with Gasteiger partial charge in [-0.1, -0.05) is 22.0 Å². The second kappa shape index (κ2) is 9.31. The molecule has 33 heavy (non-hydrogen) atoms. The molecular formula is C25H25BrN2O5. The summed E-state index contributed by atoms with van der Waals surface area (Å²) in [5.74, 6) is 0.0309. The lowest BCUT2D eigenvalue weighted by atomic mass is 9.75. The number of nitrogens with two attached hydrogens (primary N) is 1. The standard InChI is InChI=1S/C25H25BrN2O5/c1-31-19-12-7-14(13-20(19)32-2)21-22-17(5-4-6-18(22)29)28(16-10-8-15(26)9-11-16)24(27)23(21)25(30)33-3/h7-13,21H,4-6,27H2,1-3H3/t21-/m1/s1. The van der Waals surface area contributed by atoms with Gasteiger partial charge in [-0.25, -0.2) is 4.79 Å². The average molecular weight is 513 g/mol. The molecule has 2 aliphatic rings. The molecule has 1 aliphatic heterocycles. The van der Waals surface area contributed by atoms with Gasteiger partial charge in [-0.3, -0.25) is 9.69 Å². The van der Waals surface area contributed by atoms with E-state index in [4.69, 9.17) is 19.9 Å². The monoisotopic (exact) mass is 512 g/mol. The number of ketones is 1. The summed E-state index contributed by atoms with van der Waals surface area (Å²) in [7, 11) is 4.40. The first-order chi connectivity index (χ1) is 15.9. The number of benzene rings is 2. The molecule has 0 saturated heterocycles. The summed E-state index contributed by atoms with van der Waals surface area (Å²) in [6.07, 6.45) is 1.78. The highest BCUT2D eigenvalue weighted by atomic mass is 79.9. The van der Waals surface area contributed by atoms with E-state index in [0.717, 1.165) is 15.9 Å². The molecule has 0 spiro atoms. The topological polar surface area (TPSA) is 91.1 Å². The summed E-state index contributed by atoms with van der Waals surface area (Å²) in [4.78, 5) is 28.2. The van der Waals surface area contributed by atoms with E-state index in [9.17, 15) is 9.59 Å². The van der Waals surface area contributed by atoms with Crippen molar-refractivity contribution in [2.75, 3.05) is 26.2 Å². The maximum absolute atomic E-state index is 13.3. The van der Waals surface area contributed by atoms with Crippen molar-refractivity contribution < 1.29 is 23.8 Å². The number of rotatable bonds is 5. The molecule has 1 aliphatic carbocycles. The van der Waals surface area contributed by atoms with Gasteiger partial charge in [-0.05, 0) is 54.8 Å². The number of nitrogens with zero attached hydrogens (tertiary/aromatic N) is 1. The van der Waals surface area contributed by atoms with Crippen LogP contribution in [0, 0.1) is 0 Å². The van der Waals surface area contributed by atoms with Crippen molar-refractivity contribution >= 4 is 33.4 Å². The van der Waals surface area contributed by atoms with Crippen molar-refractivity contribution in [3.05, 3.63) is 75.2 Å². The Morgan fingerprint density at radius 3 is 2.36 bits per heavy atom. The summed E-state index contributed by atoms with van der Waals surface area (Å²) in [5.41, 5.74) is 9.73. The predicted octanol–water partition coefficient (Wildman–Crippen LogP) is 4.42. The van der Waals surface area contributed by atoms with Crippen LogP contribution >= 0.6 is 15.9 Å². The zero-order valence-electron chi connectivity index (χ0n) is 18.7. The number of Topliss-reactive ketones (excluding diaryl/α,β-unsaturated/α-hetero) is 1. The smallest absolute Gasteiger partial charge is 0.338 e. The van der Waals surface area contributed by atoms with Gasteiger partial charge in [0.2, 0.25) is 0 Å². The van der Waals surface area contributed by atoms with E-state index in [-0.39, 0.29) is 17.2 Å². The van der Waals surface area contributed by atoms with E-state index in [1.165, 1.54) is 7.11 Å². The van der Waals surface area contributed by atoms with Crippen LogP contribution in [0.5, 0.6) is 11.5 Å². The fourth-order valence-electron chi connectivity index (χ4n) is 4.55. The molecule has 1 atom stereocenters. The van der Waals surface area contributed by atoms with Gasteiger partial charge in [-0.15, -0.1) is 0 Å². The predicted molar refractivity (Wildman–Crippen MR) is 128 cm³/mol. The van der Waals surface area contributed by atoms with Crippen molar-refractivity contribution in [1.82, 2.24) is 0 Å². The molecule has 0 amide bonds. The van der Waals surface area contributed by atoms with Crippen LogP contribution in [0.15, 0.2) is 69.6 Å². The fraction of sp³-hybridized carbons (Fsp3) is 0.280. The second-order valence-corrected chi connectivity index (χ2v) is 8.70. The zero-order chi connectivity index (χ0) is 23.7. The normalized spacial score (nSPS) is 18.2. The summed E-state index contributed by atoms with van der Waals surface area (Å²) in [6.45, 7) is 0. The third-order valence-electron chi connectivity index (χ3n) is 6.02. The van der Waals surface area contributed by atoms with Crippen LogP contribution in [0.4, 0.5) is 5.69 Å². The summed E-state index contributed by atoms with van der Waals surface area (Å²) < 4.78 is 16.9. The zero-order valence-corrected chi connectivity index (χ0v) is 20.3. The molecule has 0 bridgehead atoms. The van der Waals surface area contributed by atoms with E-state index in [1.807, 2.05) is 35.2 Å². The Labute approximate surface area is 200 Å². The highest BCUT2D eigenvalue weighted by molar-refractivity contribution is 9.10. The van der Waals surface area contributed by atoms with Crippen molar-refractivity contribution in [3.8, 4) is 11.5 Å². The van der Waals surface area contributed by atoms with Crippen LogP contribution in [0.25, 0.3) is 0 Å². The quantitative estimate of drug-likeness (QED) is 0.592. The number of methoxy groups -OCH3 is 3. The summed E-state index contributed by atoms with van der Waals surface area (Å²) in [5, 5.41) is 0. The minimum absolute atomic E-state index is 0.00736. The summed E-state index contributed by atoms with van der Waals surface area (Å²) >= 11 is 3.45. The van der Waals surface area contributed by atoms with E-state index in [0.29, 0.717) is 41.9 Å². The number of allylic oxidation sites excluding steroid dienone is 2. The minimum atomic E-state index is -0.674. The van der Waals surface area contributed by atoms with Gasteiger partial charge in [0.05, 0.1) is 32.8 Å². The number of carbonyl (C=O) groups is 2. The maximum atomic E-state index is 13.3. The molecular weight excluding hydrogens is 488 g/mol. The largest absolute Gasteiger partial charge is 0.493 e. The lowest BCUT2D eigenvalue weighted by molar-refractivity contribution is -0.136. The molecule has 2 aromatic rings. The van der Waals surface area contributed by atoms with Crippen molar-refractivity contribution in [2.24, 2.45) is 5.73 Å². The number of carbonyl (C=O) groups excluding carboxylic acids is 2. The van der Waals surface area contributed by atoms with Crippen LogP contribution < -0.4 is 20.1 Å². The minimum Gasteiger partial charge on any atom is -0.493 e. The molecule has 2 aromatic carbocycles. The van der Waals surface area contributed by atoms with Crippen LogP contribution in [-0.4, -0.2) is 33.1 Å². The molecule has 4 rings (SSSR count). The third-order valence-corrected chi connectivity index (χ3v) is 6.55. The Hall–Kier alpha value is -3.26. The van der Waals surface area contributed by atoms with Gasteiger partial charge in [0.1, 0.15) is 5.82 Å². The van der Waals surface area contributed by atoms with E-state index < -0.39 is 11.9 Å². The van der Waals surface area contributed by atoms with Gasteiger partial charge in [0.25, 0.3) is 0 Å². The number of hydrogen-bond acceptors (Lipinski definition) is 7. The number of ether oxygens (including phenoxy) is 3. The van der Waals surface area contributed by atoms with Crippen molar-refractivity contribution in [2.45, 2.75) is 25.2 Å². The molecule has 8 heteroatoms. The molecule has 0 aromatic heterocycles. The average Bonchev–Trinajstić information content (AvgIpc) is 2.83. The van der Waals surface area contributed by atoms with Crippen LogP contribution in [0.3, 0.4) is 0 Å². The van der Waals surface area contributed by atoms with Gasteiger partial charge in [-0.2, -0.15) is 0 Å². The van der Waals surface area contributed by atoms with E-state index >= 15 is 0 Å². The molecule has 2 N–H and O–H groups in total. The maximum Gasteiger partial charge on any atom is 0.338 e. The Kier molecular flexibility index (Phi) is 6.47.